The minimum Gasteiger partial charge on any atom is -0.497 e. The Morgan fingerprint density at radius 1 is 1.07 bits per heavy atom. The largest absolute Gasteiger partial charge is 0.497 e. The van der Waals surface area contributed by atoms with Gasteiger partial charge in [-0.05, 0) is 60.0 Å². The van der Waals surface area contributed by atoms with Gasteiger partial charge in [-0.25, -0.2) is 0 Å². The second kappa shape index (κ2) is 8.21. The molecule has 0 fully saturated rings. The summed E-state index contributed by atoms with van der Waals surface area (Å²) in [5, 5.41) is 0. The average molecular weight is 401 g/mol. The summed E-state index contributed by atoms with van der Waals surface area (Å²) in [6.45, 7) is 1.79. The summed E-state index contributed by atoms with van der Waals surface area (Å²) in [5.74, 6) is 1.06. The third kappa shape index (κ3) is 4.07. The maximum Gasteiger partial charge on any atom is 0.315 e. The third-order valence-corrected chi connectivity index (χ3v) is 4.69. The molecular weight excluding hydrogens is 382 g/mol. The van der Waals surface area contributed by atoms with E-state index in [1.807, 2.05) is 12.1 Å². The minimum atomic E-state index is -0.406. The van der Waals surface area contributed by atoms with Gasteiger partial charge in [-0.1, -0.05) is 12.1 Å². The Kier molecular flexibility index (Phi) is 5.30. The van der Waals surface area contributed by atoms with E-state index in [1.165, 1.54) is 0 Å². The lowest BCUT2D eigenvalue weighted by atomic mass is 10.0. The number of benzene rings is 2. The van der Waals surface area contributed by atoms with Gasteiger partial charge < -0.3 is 14.2 Å². The fourth-order valence-corrected chi connectivity index (χ4v) is 3.22. The van der Waals surface area contributed by atoms with E-state index in [1.54, 1.807) is 68.9 Å². The molecule has 4 rings (SSSR count). The smallest absolute Gasteiger partial charge is 0.315 e. The van der Waals surface area contributed by atoms with Crippen LogP contribution in [0.4, 0.5) is 0 Å². The zero-order valence-electron chi connectivity index (χ0n) is 16.5. The topological polar surface area (TPSA) is 74.7 Å². The van der Waals surface area contributed by atoms with Crippen LogP contribution < -0.4 is 14.2 Å². The van der Waals surface area contributed by atoms with Gasteiger partial charge in [-0.3, -0.25) is 14.6 Å². The SMILES string of the molecule is COc1ccc(CC(=O)Oc2cc(C)c3c(c2)O/C(=C\c2ccncc2)C3=O)cc1. The predicted molar refractivity (Wildman–Crippen MR) is 111 cm³/mol. The molecule has 0 N–H and O–H groups in total. The molecule has 0 atom stereocenters. The van der Waals surface area contributed by atoms with E-state index in [0.29, 0.717) is 22.6 Å². The quantitative estimate of drug-likeness (QED) is 0.363. The van der Waals surface area contributed by atoms with Crippen molar-refractivity contribution in [3.8, 4) is 17.2 Å². The Labute approximate surface area is 173 Å². The Morgan fingerprint density at radius 3 is 2.50 bits per heavy atom. The molecule has 2 heterocycles. The number of hydrogen-bond donors (Lipinski definition) is 0. The van der Waals surface area contributed by atoms with Crippen molar-refractivity contribution in [3.63, 3.8) is 0 Å². The van der Waals surface area contributed by atoms with Gasteiger partial charge in [-0.2, -0.15) is 0 Å². The van der Waals surface area contributed by atoms with Crippen LogP contribution in [0.5, 0.6) is 17.2 Å². The van der Waals surface area contributed by atoms with Crippen LogP contribution in [-0.4, -0.2) is 23.8 Å². The Bertz CT molecular complexity index is 1130. The molecule has 0 aliphatic carbocycles. The molecule has 30 heavy (non-hydrogen) atoms. The first kappa shape index (κ1) is 19.4. The molecule has 0 bridgehead atoms. The van der Waals surface area contributed by atoms with Crippen molar-refractivity contribution in [3.05, 3.63) is 88.9 Å². The van der Waals surface area contributed by atoms with Crippen molar-refractivity contribution in [2.45, 2.75) is 13.3 Å². The van der Waals surface area contributed by atoms with Gasteiger partial charge in [0.1, 0.15) is 17.2 Å². The first-order valence-electron chi connectivity index (χ1n) is 9.36. The zero-order chi connectivity index (χ0) is 21.1. The molecule has 1 aromatic heterocycles. The number of nitrogens with zero attached hydrogens (tertiary/aromatic N) is 1. The molecule has 0 saturated carbocycles. The van der Waals surface area contributed by atoms with Crippen LogP contribution in [0.25, 0.3) is 6.08 Å². The van der Waals surface area contributed by atoms with Crippen molar-refractivity contribution < 1.29 is 23.8 Å². The van der Waals surface area contributed by atoms with E-state index in [4.69, 9.17) is 14.2 Å². The molecule has 150 valence electrons. The highest BCUT2D eigenvalue weighted by atomic mass is 16.5. The van der Waals surface area contributed by atoms with Crippen molar-refractivity contribution in [2.75, 3.05) is 7.11 Å². The van der Waals surface area contributed by atoms with Crippen LogP contribution in [0, 0.1) is 6.92 Å². The Morgan fingerprint density at radius 2 is 1.80 bits per heavy atom. The molecule has 0 spiro atoms. The summed E-state index contributed by atoms with van der Waals surface area (Å²) >= 11 is 0. The number of carbonyl (C=O) groups excluding carboxylic acids is 2. The maximum atomic E-state index is 12.7. The highest BCUT2D eigenvalue weighted by Crippen LogP contribution is 2.37. The standard InChI is InChI=1S/C24H19NO5/c1-15-11-19(29-22(26)13-16-3-5-18(28-2)6-4-16)14-20-23(15)24(27)21(30-20)12-17-7-9-25-10-8-17/h3-12,14H,13H2,1-2H3/b21-12-. The Balaban J connectivity index is 1.50. The second-order valence-corrected chi connectivity index (χ2v) is 6.83. The fourth-order valence-electron chi connectivity index (χ4n) is 3.22. The lowest BCUT2D eigenvalue weighted by Crippen LogP contribution is -2.11. The molecule has 0 amide bonds. The van der Waals surface area contributed by atoms with Crippen molar-refractivity contribution in [1.29, 1.82) is 0 Å². The normalized spacial score (nSPS) is 13.7. The van der Waals surface area contributed by atoms with Crippen molar-refractivity contribution >= 4 is 17.8 Å². The number of rotatable bonds is 5. The Hall–Kier alpha value is -3.93. The minimum absolute atomic E-state index is 0.118. The van der Waals surface area contributed by atoms with Crippen LogP contribution in [-0.2, 0) is 11.2 Å². The molecule has 1 aliphatic heterocycles. The van der Waals surface area contributed by atoms with E-state index in [0.717, 1.165) is 16.9 Å². The number of carbonyl (C=O) groups is 2. The lowest BCUT2D eigenvalue weighted by Gasteiger charge is -2.08. The molecule has 0 radical (unpaired) electrons. The summed E-state index contributed by atoms with van der Waals surface area (Å²) in [6.07, 6.45) is 5.07. The third-order valence-electron chi connectivity index (χ3n) is 4.69. The molecular formula is C24H19NO5. The highest BCUT2D eigenvalue weighted by Gasteiger charge is 2.30. The molecule has 6 heteroatoms. The molecule has 2 aromatic carbocycles. The highest BCUT2D eigenvalue weighted by molar-refractivity contribution is 6.15. The number of fused-ring (bicyclic) bond motifs is 1. The molecule has 6 nitrogen and oxygen atoms in total. The monoisotopic (exact) mass is 401 g/mol. The van der Waals surface area contributed by atoms with Crippen LogP contribution in [0.3, 0.4) is 0 Å². The van der Waals surface area contributed by atoms with Gasteiger partial charge in [0.05, 0.1) is 19.1 Å². The summed E-state index contributed by atoms with van der Waals surface area (Å²) in [5.41, 5.74) is 2.78. The van der Waals surface area contributed by atoms with Crippen LogP contribution in [0.2, 0.25) is 0 Å². The summed E-state index contributed by atoms with van der Waals surface area (Å²) in [7, 11) is 1.59. The van der Waals surface area contributed by atoms with Gasteiger partial charge in [0.2, 0.25) is 5.78 Å². The summed E-state index contributed by atoms with van der Waals surface area (Å²) in [6, 6.07) is 14.0. The number of methoxy groups -OCH3 is 1. The zero-order valence-corrected chi connectivity index (χ0v) is 16.5. The van der Waals surface area contributed by atoms with Crippen molar-refractivity contribution in [1.82, 2.24) is 4.98 Å². The van der Waals surface area contributed by atoms with Crippen LogP contribution >= 0.6 is 0 Å². The van der Waals surface area contributed by atoms with Crippen LogP contribution in [0.1, 0.15) is 27.0 Å². The number of allylic oxidation sites excluding steroid dienone is 1. The summed E-state index contributed by atoms with van der Waals surface area (Å²) < 4.78 is 16.4. The number of Topliss-reactive ketones (excluding diaryl/α,β-unsaturated/α-hetero) is 1. The number of esters is 1. The van der Waals surface area contributed by atoms with Gasteiger partial charge in [0, 0.05) is 18.5 Å². The van der Waals surface area contributed by atoms with E-state index in [9.17, 15) is 9.59 Å². The van der Waals surface area contributed by atoms with E-state index < -0.39 is 5.97 Å². The number of pyridine rings is 1. The van der Waals surface area contributed by atoms with Gasteiger partial charge in [0.15, 0.2) is 5.76 Å². The van der Waals surface area contributed by atoms with Crippen LogP contribution in [0.15, 0.2) is 66.7 Å². The van der Waals surface area contributed by atoms with E-state index >= 15 is 0 Å². The maximum absolute atomic E-state index is 12.7. The number of ketones is 1. The lowest BCUT2D eigenvalue weighted by molar-refractivity contribution is -0.133. The predicted octanol–water partition coefficient (Wildman–Crippen LogP) is 4.16. The first-order valence-corrected chi connectivity index (χ1v) is 9.36. The molecule has 1 aliphatic rings. The second-order valence-electron chi connectivity index (χ2n) is 6.83. The van der Waals surface area contributed by atoms with Gasteiger partial charge >= 0.3 is 5.97 Å². The van der Waals surface area contributed by atoms with Gasteiger partial charge in [-0.15, -0.1) is 0 Å². The average Bonchev–Trinajstić information content (AvgIpc) is 3.04. The number of ether oxygens (including phenoxy) is 3. The molecule has 0 unspecified atom stereocenters. The number of hydrogen-bond acceptors (Lipinski definition) is 6. The van der Waals surface area contributed by atoms with E-state index in [-0.39, 0.29) is 18.0 Å². The molecule has 3 aromatic rings. The number of aromatic nitrogens is 1. The van der Waals surface area contributed by atoms with E-state index in [2.05, 4.69) is 4.98 Å². The number of aryl methyl sites for hydroxylation is 1. The van der Waals surface area contributed by atoms with Crippen molar-refractivity contribution in [2.24, 2.45) is 0 Å². The summed E-state index contributed by atoms with van der Waals surface area (Å²) in [4.78, 5) is 29.0. The fraction of sp³-hybridized carbons (Fsp3) is 0.125. The van der Waals surface area contributed by atoms with Gasteiger partial charge in [0.25, 0.3) is 0 Å². The molecule has 0 saturated heterocycles. The first-order chi connectivity index (χ1) is 14.5.